The van der Waals surface area contributed by atoms with Gasteiger partial charge in [0.1, 0.15) is 5.82 Å². The zero-order valence-electron chi connectivity index (χ0n) is 12.2. The maximum absolute atomic E-state index is 13.8. The lowest BCUT2D eigenvalue weighted by Crippen LogP contribution is -2.31. The molecule has 2 nitrogen and oxygen atoms in total. The molecule has 1 atom stereocenters. The highest BCUT2D eigenvalue weighted by Gasteiger charge is 2.17. The molecule has 0 aliphatic heterocycles. The number of hydrogen-bond donors (Lipinski definition) is 0. The predicted molar refractivity (Wildman–Crippen MR) is 80.3 cm³/mol. The second-order valence-corrected chi connectivity index (χ2v) is 5.34. The SMILES string of the molecule is CCC(C)CN(C)C(=O)c1ccc(F)c2ccccc12. The van der Waals surface area contributed by atoms with Crippen LogP contribution < -0.4 is 0 Å². The van der Waals surface area contributed by atoms with Crippen molar-refractivity contribution in [2.24, 2.45) is 5.92 Å². The summed E-state index contributed by atoms with van der Waals surface area (Å²) in [5.41, 5.74) is 0.563. The number of rotatable bonds is 4. The topological polar surface area (TPSA) is 20.3 Å². The number of nitrogens with zero attached hydrogens (tertiary/aromatic N) is 1. The third-order valence-corrected chi connectivity index (χ3v) is 3.73. The van der Waals surface area contributed by atoms with Crippen LogP contribution >= 0.6 is 0 Å². The Bertz CT molecular complexity index is 623. The molecule has 0 N–H and O–H groups in total. The average molecular weight is 273 g/mol. The van der Waals surface area contributed by atoms with E-state index in [1.54, 1.807) is 36.2 Å². The van der Waals surface area contributed by atoms with E-state index in [2.05, 4.69) is 13.8 Å². The van der Waals surface area contributed by atoms with Crippen molar-refractivity contribution in [2.45, 2.75) is 20.3 Å². The monoisotopic (exact) mass is 273 g/mol. The van der Waals surface area contributed by atoms with Gasteiger partial charge in [0.15, 0.2) is 0 Å². The van der Waals surface area contributed by atoms with Crippen molar-refractivity contribution in [3.63, 3.8) is 0 Å². The Kier molecular flexibility index (Phi) is 4.38. The molecule has 0 radical (unpaired) electrons. The highest BCUT2D eigenvalue weighted by Crippen LogP contribution is 2.23. The molecule has 0 spiro atoms. The first kappa shape index (κ1) is 14.5. The first-order valence-corrected chi connectivity index (χ1v) is 6.97. The molecule has 2 rings (SSSR count). The molecule has 106 valence electrons. The molecule has 0 aliphatic carbocycles. The summed E-state index contributed by atoms with van der Waals surface area (Å²) < 4.78 is 13.8. The van der Waals surface area contributed by atoms with Crippen molar-refractivity contribution in [3.8, 4) is 0 Å². The molecule has 20 heavy (non-hydrogen) atoms. The van der Waals surface area contributed by atoms with E-state index in [4.69, 9.17) is 0 Å². The fourth-order valence-electron chi connectivity index (χ4n) is 2.33. The highest BCUT2D eigenvalue weighted by atomic mass is 19.1. The number of carbonyl (C=O) groups is 1. The van der Waals surface area contributed by atoms with Crippen LogP contribution in [0.5, 0.6) is 0 Å². The summed E-state index contributed by atoms with van der Waals surface area (Å²) >= 11 is 0. The summed E-state index contributed by atoms with van der Waals surface area (Å²) in [6, 6.07) is 10.0. The van der Waals surface area contributed by atoms with Gasteiger partial charge < -0.3 is 4.90 Å². The van der Waals surface area contributed by atoms with Crippen LogP contribution in [0.3, 0.4) is 0 Å². The van der Waals surface area contributed by atoms with Crippen LogP contribution in [-0.2, 0) is 0 Å². The molecule has 1 unspecified atom stereocenters. The number of fused-ring (bicyclic) bond motifs is 1. The Morgan fingerprint density at radius 1 is 1.20 bits per heavy atom. The van der Waals surface area contributed by atoms with Crippen molar-refractivity contribution >= 4 is 16.7 Å². The van der Waals surface area contributed by atoms with Gasteiger partial charge in [-0.1, -0.05) is 44.5 Å². The summed E-state index contributed by atoms with van der Waals surface area (Å²) in [6.45, 7) is 4.93. The van der Waals surface area contributed by atoms with Crippen LogP contribution in [-0.4, -0.2) is 24.4 Å². The maximum atomic E-state index is 13.8. The summed E-state index contributed by atoms with van der Waals surface area (Å²) in [6.07, 6.45) is 1.03. The van der Waals surface area contributed by atoms with Crippen molar-refractivity contribution in [3.05, 3.63) is 47.8 Å². The number of hydrogen-bond acceptors (Lipinski definition) is 1. The van der Waals surface area contributed by atoms with Gasteiger partial charge in [-0.25, -0.2) is 4.39 Å². The van der Waals surface area contributed by atoms with E-state index in [1.165, 1.54) is 6.07 Å². The first-order chi connectivity index (χ1) is 9.54. The summed E-state index contributed by atoms with van der Waals surface area (Å²) in [5, 5.41) is 1.17. The molecule has 1 amide bonds. The van der Waals surface area contributed by atoms with Gasteiger partial charge >= 0.3 is 0 Å². The van der Waals surface area contributed by atoms with E-state index in [-0.39, 0.29) is 11.7 Å². The normalized spacial score (nSPS) is 12.4. The van der Waals surface area contributed by atoms with Gasteiger partial charge in [-0.15, -0.1) is 0 Å². The molecule has 0 aromatic heterocycles. The van der Waals surface area contributed by atoms with Crippen LogP contribution in [0.4, 0.5) is 4.39 Å². The van der Waals surface area contributed by atoms with Gasteiger partial charge in [0.05, 0.1) is 0 Å². The molecule has 0 bridgehead atoms. The third-order valence-electron chi connectivity index (χ3n) is 3.73. The smallest absolute Gasteiger partial charge is 0.254 e. The second kappa shape index (κ2) is 6.04. The minimum atomic E-state index is -0.290. The second-order valence-electron chi connectivity index (χ2n) is 5.34. The molecule has 0 heterocycles. The van der Waals surface area contributed by atoms with Gasteiger partial charge in [-0.05, 0) is 23.4 Å². The molecule has 0 aliphatic rings. The predicted octanol–water partition coefficient (Wildman–Crippen LogP) is 4.10. The molecule has 2 aromatic carbocycles. The lowest BCUT2D eigenvalue weighted by atomic mass is 10.0. The zero-order valence-corrected chi connectivity index (χ0v) is 12.2. The summed E-state index contributed by atoms with van der Waals surface area (Å²) in [4.78, 5) is 14.2. The van der Waals surface area contributed by atoms with Crippen molar-refractivity contribution < 1.29 is 9.18 Å². The van der Waals surface area contributed by atoms with Gasteiger partial charge in [0.2, 0.25) is 0 Å². The van der Waals surface area contributed by atoms with Crippen molar-refractivity contribution in [2.75, 3.05) is 13.6 Å². The molecular formula is C17H20FNO. The van der Waals surface area contributed by atoms with E-state index in [9.17, 15) is 9.18 Å². The van der Waals surface area contributed by atoms with E-state index >= 15 is 0 Å². The van der Waals surface area contributed by atoms with Crippen molar-refractivity contribution in [1.82, 2.24) is 4.90 Å². The molecule has 3 heteroatoms. The van der Waals surface area contributed by atoms with Gasteiger partial charge in [-0.2, -0.15) is 0 Å². The number of benzene rings is 2. The van der Waals surface area contributed by atoms with Crippen molar-refractivity contribution in [1.29, 1.82) is 0 Å². The lowest BCUT2D eigenvalue weighted by molar-refractivity contribution is 0.0777. The van der Waals surface area contributed by atoms with Crippen LogP contribution in [0.1, 0.15) is 30.6 Å². The van der Waals surface area contributed by atoms with Crippen LogP contribution in [0, 0.1) is 11.7 Å². The summed E-state index contributed by atoms with van der Waals surface area (Å²) in [7, 11) is 1.80. The summed E-state index contributed by atoms with van der Waals surface area (Å²) in [5.74, 6) is 0.110. The fourth-order valence-corrected chi connectivity index (χ4v) is 2.33. The molecule has 0 saturated heterocycles. The zero-order chi connectivity index (χ0) is 14.7. The number of carbonyl (C=O) groups excluding carboxylic acids is 1. The Morgan fingerprint density at radius 2 is 1.85 bits per heavy atom. The molecule has 2 aromatic rings. The van der Waals surface area contributed by atoms with Gasteiger partial charge in [0, 0.05) is 24.5 Å². The standard InChI is InChI=1S/C17H20FNO/c1-4-12(2)11-19(3)17(20)15-9-10-16(18)14-8-6-5-7-13(14)15/h5-10,12H,4,11H2,1-3H3. The number of halogens is 1. The Morgan fingerprint density at radius 3 is 2.50 bits per heavy atom. The molecule has 0 fully saturated rings. The van der Waals surface area contributed by atoms with E-state index in [0.717, 1.165) is 6.42 Å². The fraction of sp³-hybridized carbons (Fsp3) is 0.353. The van der Waals surface area contributed by atoms with E-state index < -0.39 is 0 Å². The van der Waals surface area contributed by atoms with Gasteiger partial charge in [-0.3, -0.25) is 4.79 Å². The first-order valence-electron chi connectivity index (χ1n) is 6.97. The van der Waals surface area contributed by atoms with E-state index in [1.807, 2.05) is 6.07 Å². The molecule has 0 saturated carbocycles. The lowest BCUT2D eigenvalue weighted by Gasteiger charge is -2.21. The minimum absolute atomic E-state index is 0.0542. The largest absolute Gasteiger partial charge is 0.341 e. The van der Waals surface area contributed by atoms with Crippen LogP contribution in [0.2, 0.25) is 0 Å². The number of amides is 1. The third kappa shape index (κ3) is 2.82. The minimum Gasteiger partial charge on any atom is -0.341 e. The van der Waals surface area contributed by atoms with Crippen LogP contribution in [0.15, 0.2) is 36.4 Å². The Balaban J connectivity index is 2.38. The Hall–Kier alpha value is -1.90. The molecular weight excluding hydrogens is 253 g/mol. The average Bonchev–Trinajstić information content (AvgIpc) is 2.47. The quantitative estimate of drug-likeness (QED) is 0.821. The Labute approximate surface area is 119 Å². The van der Waals surface area contributed by atoms with E-state index in [0.29, 0.717) is 28.8 Å². The van der Waals surface area contributed by atoms with Gasteiger partial charge in [0.25, 0.3) is 5.91 Å². The van der Waals surface area contributed by atoms with Crippen LogP contribution in [0.25, 0.3) is 10.8 Å². The highest BCUT2D eigenvalue weighted by molar-refractivity contribution is 6.07. The maximum Gasteiger partial charge on any atom is 0.254 e.